The molecule has 0 aromatic heterocycles. The molecule has 0 spiro atoms. The number of carbonyl (C=O) groups excluding carboxylic acids is 2. The molecular weight excluding hydrogens is 336 g/mol. The minimum atomic E-state index is -0.243. The number of rotatable bonds is 10. The van der Waals surface area contributed by atoms with E-state index in [1.807, 2.05) is 0 Å². The van der Waals surface area contributed by atoms with E-state index >= 15 is 0 Å². The van der Waals surface area contributed by atoms with Gasteiger partial charge in [-0.25, -0.2) is 0 Å². The molecule has 148 valence electrons. The van der Waals surface area contributed by atoms with Crippen molar-refractivity contribution in [3.05, 3.63) is 0 Å². The van der Waals surface area contributed by atoms with E-state index in [0.717, 1.165) is 44.9 Å². The Labute approximate surface area is 155 Å². The molecule has 0 bridgehead atoms. The molecule has 0 aromatic rings. The Morgan fingerprint density at radius 2 is 1.85 bits per heavy atom. The van der Waals surface area contributed by atoms with Gasteiger partial charge in [0.15, 0.2) is 5.78 Å². The summed E-state index contributed by atoms with van der Waals surface area (Å²) in [4.78, 5) is 23.7. The van der Waals surface area contributed by atoms with E-state index in [1.165, 1.54) is 0 Å². The number of esters is 1. The van der Waals surface area contributed by atoms with Crippen molar-refractivity contribution in [2.24, 2.45) is 5.92 Å². The lowest BCUT2D eigenvalue weighted by Crippen LogP contribution is -2.24. The van der Waals surface area contributed by atoms with Crippen molar-refractivity contribution in [2.45, 2.75) is 95.0 Å². The highest BCUT2D eigenvalue weighted by Gasteiger charge is 2.44. The van der Waals surface area contributed by atoms with Gasteiger partial charge in [-0.3, -0.25) is 9.59 Å². The summed E-state index contributed by atoms with van der Waals surface area (Å²) in [5, 5.41) is 9.62. The number of aliphatic hydroxyl groups excluding tert-OH is 1. The van der Waals surface area contributed by atoms with E-state index in [-0.39, 0.29) is 36.5 Å². The molecule has 6 nitrogen and oxygen atoms in total. The molecule has 3 aliphatic rings. The van der Waals surface area contributed by atoms with E-state index in [9.17, 15) is 14.7 Å². The maximum Gasteiger partial charge on any atom is 0.305 e. The summed E-state index contributed by atoms with van der Waals surface area (Å²) in [6.45, 7) is 0.589. The number of ketones is 1. The van der Waals surface area contributed by atoms with E-state index in [4.69, 9.17) is 14.2 Å². The Morgan fingerprint density at radius 3 is 2.65 bits per heavy atom. The molecule has 1 saturated heterocycles. The second-order valence-corrected chi connectivity index (χ2v) is 8.07. The zero-order chi connectivity index (χ0) is 18.4. The van der Waals surface area contributed by atoms with Gasteiger partial charge in [0.05, 0.1) is 31.0 Å². The van der Waals surface area contributed by atoms with Gasteiger partial charge in [0.25, 0.3) is 0 Å². The molecule has 0 amide bonds. The summed E-state index contributed by atoms with van der Waals surface area (Å²) in [7, 11) is 0. The van der Waals surface area contributed by atoms with E-state index < -0.39 is 0 Å². The number of fused-ring (bicyclic) bond motifs is 1. The second kappa shape index (κ2) is 9.81. The van der Waals surface area contributed by atoms with Crippen LogP contribution in [0.4, 0.5) is 0 Å². The first-order chi connectivity index (χ1) is 12.6. The first kappa shape index (κ1) is 19.8. The van der Waals surface area contributed by atoms with Crippen molar-refractivity contribution in [1.82, 2.24) is 0 Å². The summed E-state index contributed by atoms with van der Waals surface area (Å²) in [5.41, 5.74) is 0. The van der Waals surface area contributed by atoms with Gasteiger partial charge >= 0.3 is 5.97 Å². The van der Waals surface area contributed by atoms with Gasteiger partial charge in [-0.2, -0.15) is 0 Å². The molecule has 2 saturated carbocycles. The Morgan fingerprint density at radius 1 is 1.00 bits per heavy atom. The monoisotopic (exact) mass is 368 g/mol. The Hall–Kier alpha value is -0.980. The fourth-order valence-corrected chi connectivity index (χ4v) is 4.09. The first-order valence-electron chi connectivity index (χ1n) is 10.2. The van der Waals surface area contributed by atoms with Crippen LogP contribution in [0.25, 0.3) is 0 Å². The van der Waals surface area contributed by atoms with Crippen LogP contribution in [-0.4, -0.2) is 54.5 Å². The Balaban J connectivity index is 1.16. The summed E-state index contributed by atoms with van der Waals surface area (Å²) in [6.07, 6.45) is 9.47. The van der Waals surface area contributed by atoms with Gasteiger partial charge in [-0.1, -0.05) is 6.42 Å². The number of carbonyl (C=O) groups is 2. The highest BCUT2D eigenvalue weighted by molar-refractivity contribution is 5.79. The molecule has 6 heteroatoms. The van der Waals surface area contributed by atoms with Crippen LogP contribution in [0.5, 0.6) is 0 Å². The van der Waals surface area contributed by atoms with Crippen LogP contribution in [0, 0.1) is 5.92 Å². The molecule has 2 aliphatic carbocycles. The molecule has 5 unspecified atom stereocenters. The lowest BCUT2D eigenvalue weighted by atomic mass is 9.88. The van der Waals surface area contributed by atoms with Crippen LogP contribution in [0.15, 0.2) is 0 Å². The van der Waals surface area contributed by atoms with E-state index in [1.54, 1.807) is 0 Å². The largest absolute Gasteiger partial charge is 0.465 e. The molecule has 3 fully saturated rings. The number of unbranched alkanes of at least 4 members (excludes halogenated alkanes) is 1. The highest BCUT2D eigenvalue weighted by Crippen LogP contribution is 2.37. The standard InChI is InChI=1S/C20H32O6/c21-15-6-3-4-14(10-15)12-25-20(23)7-2-1-5-16(22)13-24-17-8-9-18-19(11-17)26-18/h14-15,17-19,21H,1-13H2. The number of epoxide rings is 1. The van der Waals surface area contributed by atoms with Crippen molar-refractivity contribution in [3.63, 3.8) is 0 Å². The third kappa shape index (κ3) is 6.63. The number of aliphatic hydroxyl groups is 1. The fraction of sp³-hybridized carbons (Fsp3) is 0.900. The zero-order valence-electron chi connectivity index (χ0n) is 15.6. The van der Waals surface area contributed by atoms with Gasteiger partial charge in [-0.05, 0) is 50.9 Å². The SMILES string of the molecule is O=C(CCCCC(=O)OCC1CCCC(O)C1)COC1CCC2OC2C1. The van der Waals surface area contributed by atoms with Crippen LogP contribution in [0.3, 0.4) is 0 Å². The molecule has 1 N–H and O–H groups in total. The molecule has 0 aromatic carbocycles. The van der Waals surface area contributed by atoms with Crippen molar-refractivity contribution in [3.8, 4) is 0 Å². The summed E-state index contributed by atoms with van der Waals surface area (Å²) < 4.78 is 16.5. The van der Waals surface area contributed by atoms with Crippen molar-refractivity contribution < 1.29 is 28.9 Å². The van der Waals surface area contributed by atoms with Gasteiger partial charge in [-0.15, -0.1) is 0 Å². The normalized spacial score (nSPS) is 33.3. The average Bonchev–Trinajstić information content (AvgIpc) is 3.41. The smallest absolute Gasteiger partial charge is 0.305 e. The lowest BCUT2D eigenvalue weighted by molar-refractivity contribution is -0.146. The molecular formula is C20H32O6. The number of hydrogen-bond donors (Lipinski definition) is 1. The number of ether oxygens (including phenoxy) is 3. The molecule has 1 heterocycles. The van der Waals surface area contributed by atoms with Crippen molar-refractivity contribution in [1.29, 1.82) is 0 Å². The van der Waals surface area contributed by atoms with Gasteiger partial charge in [0.2, 0.25) is 0 Å². The van der Waals surface area contributed by atoms with Gasteiger partial charge in [0.1, 0.15) is 6.61 Å². The second-order valence-electron chi connectivity index (χ2n) is 8.07. The Kier molecular flexibility index (Phi) is 7.46. The van der Waals surface area contributed by atoms with E-state index in [2.05, 4.69) is 0 Å². The van der Waals surface area contributed by atoms with Gasteiger partial charge in [0, 0.05) is 19.3 Å². The predicted molar refractivity (Wildman–Crippen MR) is 94.7 cm³/mol. The Bertz CT molecular complexity index is 455. The van der Waals surface area contributed by atoms with Gasteiger partial charge < -0.3 is 19.3 Å². The molecule has 1 aliphatic heterocycles. The molecule has 5 atom stereocenters. The highest BCUT2D eigenvalue weighted by atomic mass is 16.6. The van der Waals surface area contributed by atoms with Crippen LogP contribution < -0.4 is 0 Å². The zero-order valence-corrected chi connectivity index (χ0v) is 15.6. The number of Topliss-reactive ketones (excluding diaryl/α,β-unsaturated/α-hetero) is 1. The lowest BCUT2D eigenvalue weighted by Gasteiger charge is -2.25. The topological polar surface area (TPSA) is 85.4 Å². The first-order valence-corrected chi connectivity index (χ1v) is 10.2. The average molecular weight is 368 g/mol. The summed E-state index contributed by atoms with van der Waals surface area (Å²) >= 11 is 0. The van der Waals surface area contributed by atoms with Crippen LogP contribution in [0.1, 0.15) is 70.6 Å². The maximum absolute atomic E-state index is 11.9. The summed E-state index contributed by atoms with van der Waals surface area (Å²) in [5.74, 6) is 0.195. The molecule has 3 rings (SSSR count). The minimum absolute atomic E-state index is 0.105. The fourth-order valence-electron chi connectivity index (χ4n) is 4.09. The predicted octanol–water partition coefficient (Wildman–Crippen LogP) is 2.55. The minimum Gasteiger partial charge on any atom is -0.465 e. The number of hydrogen-bond acceptors (Lipinski definition) is 6. The third-order valence-corrected chi connectivity index (χ3v) is 5.76. The van der Waals surface area contributed by atoms with Crippen LogP contribution in [0.2, 0.25) is 0 Å². The third-order valence-electron chi connectivity index (χ3n) is 5.76. The van der Waals surface area contributed by atoms with Crippen LogP contribution in [-0.2, 0) is 23.8 Å². The maximum atomic E-state index is 11.9. The quantitative estimate of drug-likeness (QED) is 0.362. The van der Waals surface area contributed by atoms with Crippen LogP contribution >= 0.6 is 0 Å². The van der Waals surface area contributed by atoms with Crippen molar-refractivity contribution in [2.75, 3.05) is 13.2 Å². The molecule has 0 radical (unpaired) electrons. The molecule has 26 heavy (non-hydrogen) atoms. The van der Waals surface area contributed by atoms with E-state index in [0.29, 0.717) is 44.5 Å². The van der Waals surface area contributed by atoms with Crippen molar-refractivity contribution >= 4 is 11.8 Å². The summed E-state index contributed by atoms with van der Waals surface area (Å²) in [6, 6.07) is 0.